The molecule has 0 aliphatic heterocycles. The SMILES string of the molecule is CCNC(=NCc1ccc(OC)c(O)c1)NC(C)CC.I. The zero-order chi connectivity index (χ0) is 15.0. The van der Waals surface area contributed by atoms with Gasteiger partial charge in [0.1, 0.15) is 0 Å². The van der Waals surface area contributed by atoms with Gasteiger partial charge in [-0.3, -0.25) is 0 Å². The summed E-state index contributed by atoms with van der Waals surface area (Å²) >= 11 is 0. The molecule has 0 spiro atoms. The van der Waals surface area contributed by atoms with E-state index >= 15 is 0 Å². The molecule has 0 heterocycles. The standard InChI is InChI=1S/C15H25N3O2.HI/c1-5-11(3)18-15(16-6-2)17-10-12-7-8-14(20-4)13(19)9-12;/h7-9,11,19H,5-6,10H2,1-4H3,(H2,16,17,18);1H. The predicted molar refractivity (Wildman–Crippen MR) is 97.8 cm³/mol. The Balaban J connectivity index is 0.00000400. The topological polar surface area (TPSA) is 65.9 Å². The van der Waals surface area contributed by atoms with E-state index in [4.69, 9.17) is 4.74 Å². The average Bonchev–Trinajstić information content (AvgIpc) is 2.45. The summed E-state index contributed by atoms with van der Waals surface area (Å²) in [6.07, 6.45) is 1.04. The normalized spacial score (nSPS) is 12.3. The van der Waals surface area contributed by atoms with Crippen LogP contribution in [0.1, 0.15) is 32.8 Å². The van der Waals surface area contributed by atoms with Crippen LogP contribution in [0.4, 0.5) is 0 Å². The van der Waals surface area contributed by atoms with Gasteiger partial charge in [0.2, 0.25) is 0 Å². The molecule has 1 aromatic carbocycles. The van der Waals surface area contributed by atoms with Gasteiger partial charge < -0.3 is 20.5 Å². The predicted octanol–water partition coefficient (Wildman–Crippen LogP) is 2.87. The summed E-state index contributed by atoms with van der Waals surface area (Å²) < 4.78 is 5.02. The van der Waals surface area contributed by atoms with E-state index in [1.54, 1.807) is 12.1 Å². The number of ether oxygens (including phenoxy) is 1. The quantitative estimate of drug-likeness (QED) is 0.386. The van der Waals surface area contributed by atoms with Gasteiger partial charge in [0.05, 0.1) is 13.7 Å². The summed E-state index contributed by atoms with van der Waals surface area (Å²) in [5.41, 5.74) is 0.935. The lowest BCUT2D eigenvalue weighted by molar-refractivity contribution is 0.373. The zero-order valence-electron chi connectivity index (χ0n) is 13.1. The molecule has 0 saturated heterocycles. The first-order valence-electron chi connectivity index (χ1n) is 7.01. The van der Waals surface area contributed by atoms with Crippen molar-refractivity contribution in [2.75, 3.05) is 13.7 Å². The van der Waals surface area contributed by atoms with E-state index < -0.39 is 0 Å². The maximum absolute atomic E-state index is 9.74. The molecule has 3 N–H and O–H groups in total. The van der Waals surface area contributed by atoms with Crippen molar-refractivity contribution in [3.63, 3.8) is 0 Å². The van der Waals surface area contributed by atoms with Gasteiger partial charge in [-0.05, 0) is 38.0 Å². The van der Waals surface area contributed by atoms with E-state index in [2.05, 4.69) is 29.5 Å². The Morgan fingerprint density at radius 1 is 1.38 bits per heavy atom. The van der Waals surface area contributed by atoms with Crippen LogP contribution in [0.2, 0.25) is 0 Å². The Morgan fingerprint density at radius 2 is 2.10 bits per heavy atom. The number of halogens is 1. The van der Waals surface area contributed by atoms with E-state index in [-0.39, 0.29) is 29.7 Å². The van der Waals surface area contributed by atoms with E-state index in [1.807, 2.05) is 13.0 Å². The second kappa shape index (κ2) is 10.5. The molecule has 21 heavy (non-hydrogen) atoms. The van der Waals surface area contributed by atoms with Crippen LogP contribution in [0.25, 0.3) is 0 Å². The van der Waals surface area contributed by atoms with Gasteiger partial charge in [0.25, 0.3) is 0 Å². The zero-order valence-corrected chi connectivity index (χ0v) is 15.5. The number of nitrogens with one attached hydrogen (secondary N) is 2. The minimum absolute atomic E-state index is 0. The number of benzene rings is 1. The smallest absolute Gasteiger partial charge is 0.191 e. The first-order chi connectivity index (χ1) is 9.60. The van der Waals surface area contributed by atoms with Gasteiger partial charge in [-0.2, -0.15) is 0 Å². The van der Waals surface area contributed by atoms with Gasteiger partial charge in [-0.25, -0.2) is 4.99 Å². The lowest BCUT2D eigenvalue weighted by atomic mass is 10.2. The summed E-state index contributed by atoms with van der Waals surface area (Å²) in [5.74, 6) is 1.40. The van der Waals surface area contributed by atoms with Crippen LogP contribution < -0.4 is 15.4 Å². The fourth-order valence-corrected chi connectivity index (χ4v) is 1.66. The van der Waals surface area contributed by atoms with Crippen LogP contribution in [-0.4, -0.2) is 30.8 Å². The Hall–Kier alpha value is -1.18. The van der Waals surface area contributed by atoms with Crippen LogP contribution in [0, 0.1) is 0 Å². The van der Waals surface area contributed by atoms with Gasteiger partial charge in [-0.1, -0.05) is 13.0 Å². The highest BCUT2D eigenvalue weighted by Gasteiger charge is 2.04. The van der Waals surface area contributed by atoms with Crippen molar-refractivity contribution in [3.05, 3.63) is 23.8 Å². The Bertz CT molecular complexity index is 453. The molecular formula is C15H26IN3O2. The number of rotatable bonds is 6. The maximum atomic E-state index is 9.74. The van der Waals surface area contributed by atoms with Crippen LogP contribution in [0.15, 0.2) is 23.2 Å². The van der Waals surface area contributed by atoms with Gasteiger partial charge in [0.15, 0.2) is 17.5 Å². The number of hydrogen-bond acceptors (Lipinski definition) is 3. The number of methoxy groups -OCH3 is 1. The number of guanidine groups is 1. The summed E-state index contributed by atoms with van der Waals surface area (Å²) in [5, 5.41) is 16.3. The molecule has 0 aromatic heterocycles. The molecular weight excluding hydrogens is 381 g/mol. The molecule has 1 aromatic rings. The lowest BCUT2D eigenvalue weighted by Gasteiger charge is -2.16. The maximum Gasteiger partial charge on any atom is 0.191 e. The fraction of sp³-hybridized carbons (Fsp3) is 0.533. The van der Waals surface area contributed by atoms with Crippen molar-refractivity contribution in [3.8, 4) is 11.5 Å². The molecule has 0 saturated carbocycles. The largest absolute Gasteiger partial charge is 0.504 e. The first-order valence-corrected chi connectivity index (χ1v) is 7.01. The van der Waals surface area contributed by atoms with Gasteiger partial charge >= 0.3 is 0 Å². The minimum Gasteiger partial charge on any atom is -0.504 e. The molecule has 6 heteroatoms. The van der Waals surface area contributed by atoms with Gasteiger partial charge in [-0.15, -0.1) is 24.0 Å². The highest BCUT2D eigenvalue weighted by molar-refractivity contribution is 14.0. The second-order valence-electron chi connectivity index (χ2n) is 4.65. The van der Waals surface area contributed by atoms with Crippen molar-refractivity contribution >= 4 is 29.9 Å². The van der Waals surface area contributed by atoms with Crippen LogP contribution in [-0.2, 0) is 6.54 Å². The molecule has 0 aliphatic carbocycles. The number of phenolic OH excluding ortho intramolecular Hbond substituents is 1. The summed E-state index contributed by atoms with van der Waals surface area (Å²) in [7, 11) is 1.53. The molecule has 0 amide bonds. The molecule has 120 valence electrons. The molecule has 1 atom stereocenters. The molecule has 0 radical (unpaired) electrons. The minimum atomic E-state index is 0. The van der Waals surface area contributed by atoms with Crippen molar-refractivity contribution in [1.29, 1.82) is 0 Å². The summed E-state index contributed by atoms with van der Waals surface area (Å²) in [4.78, 5) is 4.51. The molecule has 0 aliphatic rings. The Morgan fingerprint density at radius 3 is 2.62 bits per heavy atom. The molecule has 0 bridgehead atoms. The van der Waals surface area contributed by atoms with E-state index in [9.17, 15) is 5.11 Å². The number of hydrogen-bond donors (Lipinski definition) is 3. The van der Waals surface area contributed by atoms with Crippen LogP contribution in [0.3, 0.4) is 0 Å². The summed E-state index contributed by atoms with van der Waals surface area (Å²) in [6, 6.07) is 5.69. The lowest BCUT2D eigenvalue weighted by Crippen LogP contribution is -2.41. The van der Waals surface area contributed by atoms with Crippen LogP contribution >= 0.6 is 24.0 Å². The van der Waals surface area contributed by atoms with Crippen LogP contribution in [0.5, 0.6) is 11.5 Å². The third kappa shape index (κ3) is 6.88. The van der Waals surface area contributed by atoms with Crippen molar-refractivity contribution in [2.45, 2.75) is 39.8 Å². The van der Waals surface area contributed by atoms with E-state index in [1.165, 1.54) is 7.11 Å². The molecule has 1 unspecified atom stereocenters. The number of nitrogens with zero attached hydrogens (tertiary/aromatic N) is 1. The van der Waals surface area contributed by atoms with Crippen molar-refractivity contribution in [2.24, 2.45) is 4.99 Å². The van der Waals surface area contributed by atoms with Crippen molar-refractivity contribution < 1.29 is 9.84 Å². The third-order valence-corrected chi connectivity index (χ3v) is 3.00. The first kappa shape index (κ1) is 19.8. The highest BCUT2D eigenvalue weighted by Crippen LogP contribution is 2.26. The number of phenols is 1. The molecule has 1 rings (SSSR count). The molecule has 5 nitrogen and oxygen atoms in total. The fourth-order valence-electron chi connectivity index (χ4n) is 1.66. The van der Waals surface area contributed by atoms with Gasteiger partial charge in [0, 0.05) is 12.6 Å². The molecule has 0 fully saturated rings. The Kier molecular flexibility index (Phi) is 9.94. The monoisotopic (exact) mass is 407 g/mol. The van der Waals surface area contributed by atoms with E-state index in [0.717, 1.165) is 24.5 Å². The van der Waals surface area contributed by atoms with Crippen molar-refractivity contribution in [1.82, 2.24) is 10.6 Å². The highest BCUT2D eigenvalue weighted by atomic mass is 127. The van der Waals surface area contributed by atoms with E-state index in [0.29, 0.717) is 18.3 Å². The third-order valence-electron chi connectivity index (χ3n) is 3.00. The summed E-state index contributed by atoms with van der Waals surface area (Å²) in [6.45, 7) is 7.60. The number of aliphatic imine (C=N–C) groups is 1. The second-order valence-corrected chi connectivity index (χ2v) is 4.65. The Labute approximate surface area is 144 Å². The average molecular weight is 407 g/mol. The number of aromatic hydroxyl groups is 1.